The molecule has 26 heavy (non-hydrogen) atoms. The molecule has 136 valence electrons. The van der Waals surface area contributed by atoms with Crippen LogP contribution in [0.3, 0.4) is 0 Å². The van der Waals surface area contributed by atoms with Crippen molar-refractivity contribution < 1.29 is 28.5 Å². The molecule has 0 spiro atoms. The van der Waals surface area contributed by atoms with Crippen molar-refractivity contribution in [2.75, 3.05) is 20.5 Å². The molecule has 7 heteroatoms. The van der Waals surface area contributed by atoms with Crippen LogP contribution in [0.2, 0.25) is 0 Å². The monoisotopic (exact) mass is 357 g/mol. The zero-order chi connectivity index (χ0) is 18.5. The van der Waals surface area contributed by atoms with Gasteiger partial charge < -0.3 is 24.3 Å². The van der Waals surface area contributed by atoms with Gasteiger partial charge in [-0.1, -0.05) is 6.07 Å². The maximum atomic E-state index is 12.2. The van der Waals surface area contributed by atoms with Gasteiger partial charge in [0.1, 0.15) is 11.5 Å². The second-order valence-electron chi connectivity index (χ2n) is 5.71. The molecule has 0 aliphatic carbocycles. The molecule has 3 rings (SSSR count). The molecule has 0 radical (unpaired) electrons. The Bertz CT molecular complexity index is 820. The Labute approximate surface area is 150 Å². The molecule has 1 heterocycles. The molecule has 1 amide bonds. The number of fused-ring (bicyclic) bond motifs is 1. The zero-order valence-electron chi connectivity index (χ0n) is 14.5. The SMILES string of the molecule is COc1ccc(OCC(=O)N[C@H](C)c2ccc3c(c2)OCO3)c(C=O)c1. The molecular formula is C19H19NO6. The third-order valence-electron chi connectivity index (χ3n) is 3.98. The number of amides is 1. The highest BCUT2D eigenvalue weighted by Gasteiger charge is 2.17. The fourth-order valence-corrected chi connectivity index (χ4v) is 2.57. The summed E-state index contributed by atoms with van der Waals surface area (Å²) >= 11 is 0. The summed E-state index contributed by atoms with van der Waals surface area (Å²) in [6.45, 7) is 1.86. The molecule has 1 aliphatic rings. The highest BCUT2D eigenvalue weighted by atomic mass is 16.7. The van der Waals surface area contributed by atoms with Crippen LogP contribution in [0.15, 0.2) is 36.4 Å². The van der Waals surface area contributed by atoms with Gasteiger partial charge in [-0.15, -0.1) is 0 Å². The van der Waals surface area contributed by atoms with E-state index in [4.69, 9.17) is 18.9 Å². The lowest BCUT2D eigenvalue weighted by atomic mass is 10.1. The second kappa shape index (κ2) is 7.77. The molecular weight excluding hydrogens is 338 g/mol. The molecule has 1 aliphatic heterocycles. The van der Waals surface area contributed by atoms with Crippen molar-refractivity contribution in [3.63, 3.8) is 0 Å². The van der Waals surface area contributed by atoms with Gasteiger partial charge in [0.15, 0.2) is 24.4 Å². The minimum absolute atomic E-state index is 0.203. The number of nitrogens with one attached hydrogen (secondary N) is 1. The largest absolute Gasteiger partial charge is 0.497 e. The lowest BCUT2D eigenvalue weighted by molar-refractivity contribution is -0.123. The van der Waals surface area contributed by atoms with Crippen molar-refractivity contribution in [1.29, 1.82) is 0 Å². The van der Waals surface area contributed by atoms with Crippen LogP contribution in [-0.2, 0) is 4.79 Å². The highest BCUT2D eigenvalue weighted by Crippen LogP contribution is 2.34. The Kier molecular flexibility index (Phi) is 5.26. The van der Waals surface area contributed by atoms with Crippen molar-refractivity contribution in [1.82, 2.24) is 5.32 Å². The smallest absolute Gasteiger partial charge is 0.258 e. The first-order valence-corrected chi connectivity index (χ1v) is 8.05. The average Bonchev–Trinajstić information content (AvgIpc) is 3.13. The Balaban J connectivity index is 1.58. The van der Waals surface area contributed by atoms with E-state index >= 15 is 0 Å². The fraction of sp³-hybridized carbons (Fsp3) is 0.263. The molecule has 0 saturated carbocycles. The summed E-state index contributed by atoms with van der Waals surface area (Å²) in [4.78, 5) is 23.3. The van der Waals surface area contributed by atoms with Crippen LogP contribution >= 0.6 is 0 Å². The van der Waals surface area contributed by atoms with E-state index in [1.165, 1.54) is 7.11 Å². The maximum absolute atomic E-state index is 12.2. The van der Waals surface area contributed by atoms with Crippen molar-refractivity contribution in [2.45, 2.75) is 13.0 Å². The summed E-state index contributed by atoms with van der Waals surface area (Å²) < 4.78 is 21.1. The van der Waals surface area contributed by atoms with E-state index in [1.807, 2.05) is 25.1 Å². The summed E-state index contributed by atoms with van der Waals surface area (Å²) in [5.41, 5.74) is 1.21. The minimum Gasteiger partial charge on any atom is -0.497 e. The zero-order valence-corrected chi connectivity index (χ0v) is 14.5. The number of aldehydes is 1. The van der Waals surface area contributed by atoms with Gasteiger partial charge in [-0.25, -0.2) is 0 Å². The molecule has 0 fully saturated rings. The van der Waals surface area contributed by atoms with Gasteiger partial charge in [-0.05, 0) is 42.8 Å². The molecule has 1 atom stereocenters. The summed E-state index contributed by atoms with van der Waals surface area (Å²) in [5.74, 6) is 1.92. The van der Waals surface area contributed by atoms with Gasteiger partial charge in [-0.3, -0.25) is 9.59 Å². The van der Waals surface area contributed by atoms with E-state index in [-0.39, 0.29) is 25.3 Å². The number of carbonyl (C=O) groups excluding carboxylic acids is 2. The first-order chi connectivity index (χ1) is 12.6. The molecule has 0 aromatic heterocycles. The van der Waals surface area contributed by atoms with Crippen LogP contribution in [0, 0.1) is 0 Å². The van der Waals surface area contributed by atoms with Crippen molar-refractivity contribution in [3.8, 4) is 23.0 Å². The van der Waals surface area contributed by atoms with E-state index < -0.39 is 0 Å². The van der Waals surface area contributed by atoms with Crippen LogP contribution in [0.25, 0.3) is 0 Å². The predicted octanol–water partition coefficient (Wildman–Crippen LogP) is 2.49. The Morgan fingerprint density at radius 3 is 2.81 bits per heavy atom. The maximum Gasteiger partial charge on any atom is 0.258 e. The van der Waals surface area contributed by atoms with Gasteiger partial charge in [0.05, 0.1) is 18.7 Å². The molecule has 2 aromatic rings. The number of hydrogen-bond acceptors (Lipinski definition) is 6. The molecule has 2 aromatic carbocycles. The molecule has 1 N–H and O–H groups in total. The first kappa shape index (κ1) is 17.6. The second-order valence-corrected chi connectivity index (χ2v) is 5.71. The molecule has 0 bridgehead atoms. The van der Waals surface area contributed by atoms with Gasteiger partial charge in [0.25, 0.3) is 5.91 Å². The molecule has 0 saturated heterocycles. The van der Waals surface area contributed by atoms with Gasteiger partial charge >= 0.3 is 0 Å². The molecule has 0 unspecified atom stereocenters. The van der Waals surface area contributed by atoms with E-state index in [0.717, 1.165) is 5.56 Å². The number of hydrogen-bond donors (Lipinski definition) is 1. The van der Waals surface area contributed by atoms with Crippen LogP contribution in [0.4, 0.5) is 0 Å². The normalized spacial score (nSPS) is 13.0. The van der Waals surface area contributed by atoms with Crippen LogP contribution in [0.1, 0.15) is 28.9 Å². The number of methoxy groups -OCH3 is 1. The predicted molar refractivity (Wildman–Crippen MR) is 93.0 cm³/mol. The Morgan fingerprint density at radius 1 is 1.23 bits per heavy atom. The van der Waals surface area contributed by atoms with Crippen LogP contribution in [-0.4, -0.2) is 32.7 Å². The summed E-state index contributed by atoms with van der Waals surface area (Å²) in [6, 6.07) is 10.1. The number of ether oxygens (including phenoxy) is 4. The summed E-state index contributed by atoms with van der Waals surface area (Å²) in [5, 5.41) is 2.84. The third-order valence-corrected chi connectivity index (χ3v) is 3.98. The minimum atomic E-state index is -0.303. The average molecular weight is 357 g/mol. The topological polar surface area (TPSA) is 83.1 Å². The Morgan fingerprint density at radius 2 is 2.04 bits per heavy atom. The quantitative estimate of drug-likeness (QED) is 0.767. The lowest BCUT2D eigenvalue weighted by Crippen LogP contribution is -2.31. The molecule has 7 nitrogen and oxygen atoms in total. The summed E-state index contributed by atoms with van der Waals surface area (Å²) in [7, 11) is 1.51. The van der Waals surface area contributed by atoms with Crippen LogP contribution < -0.4 is 24.3 Å². The summed E-state index contributed by atoms with van der Waals surface area (Å²) in [6.07, 6.45) is 0.658. The lowest BCUT2D eigenvalue weighted by Gasteiger charge is -2.15. The highest BCUT2D eigenvalue weighted by molar-refractivity contribution is 5.81. The number of carbonyl (C=O) groups is 2. The van der Waals surface area contributed by atoms with Gasteiger partial charge in [-0.2, -0.15) is 0 Å². The Hall–Kier alpha value is -3.22. The van der Waals surface area contributed by atoms with E-state index in [1.54, 1.807) is 18.2 Å². The number of rotatable bonds is 7. The van der Waals surface area contributed by atoms with Crippen molar-refractivity contribution in [2.24, 2.45) is 0 Å². The first-order valence-electron chi connectivity index (χ1n) is 8.05. The van der Waals surface area contributed by atoms with Crippen LogP contribution in [0.5, 0.6) is 23.0 Å². The third kappa shape index (κ3) is 3.88. The van der Waals surface area contributed by atoms with Crippen molar-refractivity contribution in [3.05, 3.63) is 47.5 Å². The van der Waals surface area contributed by atoms with E-state index in [9.17, 15) is 9.59 Å². The van der Waals surface area contributed by atoms with Gasteiger partial charge in [0, 0.05) is 0 Å². The van der Waals surface area contributed by atoms with E-state index in [0.29, 0.717) is 34.8 Å². The van der Waals surface area contributed by atoms with Crippen molar-refractivity contribution >= 4 is 12.2 Å². The van der Waals surface area contributed by atoms with E-state index in [2.05, 4.69) is 5.32 Å². The fourth-order valence-electron chi connectivity index (χ4n) is 2.57. The standard InChI is InChI=1S/C19H19NO6/c1-12(13-3-5-17-18(8-13)26-11-25-17)20-19(22)10-24-16-6-4-15(23-2)7-14(16)9-21/h3-9,12H,10-11H2,1-2H3,(H,20,22)/t12-/m1/s1. The number of benzene rings is 2. The van der Waals surface area contributed by atoms with Gasteiger partial charge in [0.2, 0.25) is 6.79 Å².